The Morgan fingerprint density at radius 2 is 2.07 bits per heavy atom. The van der Waals surface area contributed by atoms with Crippen molar-refractivity contribution in [1.29, 1.82) is 0 Å². The van der Waals surface area contributed by atoms with Gasteiger partial charge in [0, 0.05) is 0 Å². The maximum atomic E-state index is 3.88. The number of rotatable bonds is 2. The predicted molar refractivity (Wildman–Crippen MR) is 62.1 cm³/mol. The van der Waals surface area contributed by atoms with Crippen LogP contribution < -0.4 is 0 Å². The molecule has 0 saturated heterocycles. The molecule has 1 aromatic rings. The Morgan fingerprint density at radius 1 is 1.29 bits per heavy atom. The van der Waals surface area contributed by atoms with Crippen molar-refractivity contribution >= 4 is 5.57 Å². The molecule has 14 heavy (non-hydrogen) atoms. The minimum absolute atomic E-state index is 1.04. The second-order valence-corrected chi connectivity index (χ2v) is 3.48. The van der Waals surface area contributed by atoms with Crippen LogP contribution in [0.15, 0.2) is 54.6 Å². The normalized spacial score (nSPS) is 14.9. The molecule has 2 rings (SSSR count). The van der Waals surface area contributed by atoms with Gasteiger partial charge in [0.15, 0.2) is 0 Å². The van der Waals surface area contributed by atoms with Crippen molar-refractivity contribution in [2.24, 2.45) is 0 Å². The van der Waals surface area contributed by atoms with E-state index in [0.717, 1.165) is 6.42 Å². The first-order chi connectivity index (χ1) is 6.86. The van der Waals surface area contributed by atoms with Crippen LogP contribution >= 0.6 is 0 Å². The van der Waals surface area contributed by atoms with Gasteiger partial charge in [-0.25, -0.2) is 0 Å². The summed E-state index contributed by atoms with van der Waals surface area (Å²) >= 11 is 0. The topological polar surface area (TPSA) is 0 Å². The molecule has 0 spiro atoms. The van der Waals surface area contributed by atoms with Crippen molar-refractivity contribution in [3.05, 3.63) is 65.8 Å². The van der Waals surface area contributed by atoms with Crippen LogP contribution in [0.5, 0.6) is 0 Å². The van der Waals surface area contributed by atoms with Crippen LogP contribution in [0.2, 0.25) is 0 Å². The van der Waals surface area contributed by atoms with Crippen LogP contribution in [0.4, 0.5) is 0 Å². The maximum Gasteiger partial charge on any atom is -0.00136 e. The first kappa shape index (κ1) is 9.01. The molecule has 0 unspecified atom stereocenters. The van der Waals surface area contributed by atoms with Gasteiger partial charge in [0.1, 0.15) is 0 Å². The lowest BCUT2D eigenvalue weighted by molar-refractivity contribution is 1.24. The molecule has 70 valence electrons. The van der Waals surface area contributed by atoms with Crippen LogP contribution in [0.3, 0.4) is 0 Å². The third-order valence-electron chi connectivity index (χ3n) is 2.61. The smallest absolute Gasteiger partial charge is 0.00136 e. The van der Waals surface area contributed by atoms with Crippen LogP contribution in [0, 0.1) is 0 Å². The second-order valence-electron chi connectivity index (χ2n) is 3.48. The van der Waals surface area contributed by atoms with E-state index in [1.165, 1.54) is 22.3 Å². The van der Waals surface area contributed by atoms with Crippen LogP contribution in [-0.2, 0) is 6.42 Å². The summed E-state index contributed by atoms with van der Waals surface area (Å²) in [6.07, 6.45) is 7.27. The predicted octanol–water partition coefficient (Wildman–Crippen LogP) is 3.76. The molecule has 1 aliphatic rings. The Balaban J connectivity index is 2.53. The van der Waals surface area contributed by atoms with Gasteiger partial charge in [0.05, 0.1) is 0 Å². The van der Waals surface area contributed by atoms with Gasteiger partial charge in [0.25, 0.3) is 0 Å². The average molecular weight is 182 g/mol. The molecular formula is C14H14. The highest BCUT2D eigenvalue weighted by atomic mass is 14.2. The fourth-order valence-corrected chi connectivity index (χ4v) is 2.00. The zero-order valence-electron chi connectivity index (χ0n) is 8.46. The third kappa shape index (κ3) is 1.33. The molecule has 0 nitrogen and oxygen atoms in total. The molecule has 0 heterocycles. The van der Waals surface area contributed by atoms with Crippen molar-refractivity contribution in [3.8, 4) is 0 Å². The van der Waals surface area contributed by atoms with Crippen molar-refractivity contribution in [2.45, 2.75) is 13.3 Å². The van der Waals surface area contributed by atoms with Gasteiger partial charge in [-0.15, -0.1) is 0 Å². The van der Waals surface area contributed by atoms with E-state index in [0.29, 0.717) is 0 Å². The zero-order chi connectivity index (χ0) is 9.97. The quantitative estimate of drug-likeness (QED) is 0.653. The van der Waals surface area contributed by atoms with E-state index in [9.17, 15) is 0 Å². The molecule has 0 saturated carbocycles. The standard InChI is InChI=1S/C14H14/c1-3-7-11-10-12-8-5-6-9-14(12)13(11)4-2/h3-9H,2,10H2,1H3/b7-3-. The van der Waals surface area contributed by atoms with E-state index < -0.39 is 0 Å². The fraction of sp³-hybridized carbons (Fsp3) is 0.143. The Morgan fingerprint density at radius 3 is 2.79 bits per heavy atom. The number of allylic oxidation sites excluding steroid dienone is 5. The summed E-state index contributed by atoms with van der Waals surface area (Å²) < 4.78 is 0. The summed E-state index contributed by atoms with van der Waals surface area (Å²) in [7, 11) is 0. The SMILES string of the molecule is C=CC1=C(/C=C\C)Cc2ccccc21. The maximum absolute atomic E-state index is 3.88. The monoisotopic (exact) mass is 182 g/mol. The van der Waals surface area contributed by atoms with Gasteiger partial charge in [-0.2, -0.15) is 0 Å². The van der Waals surface area contributed by atoms with E-state index in [-0.39, 0.29) is 0 Å². The molecule has 1 aliphatic carbocycles. The highest BCUT2D eigenvalue weighted by Gasteiger charge is 2.16. The molecule has 0 fully saturated rings. The van der Waals surface area contributed by atoms with Gasteiger partial charge in [-0.3, -0.25) is 0 Å². The number of hydrogen-bond acceptors (Lipinski definition) is 0. The molecule has 0 aromatic heterocycles. The van der Waals surface area contributed by atoms with E-state index in [4.69, 9.17) is 0 Å². The molecule has 0 aliphatic heterocycles. The van der Waals surface area contributed by atoms with Crippen molar-refractivity contribution in [1.82, 2.24) is 0 Å². The summed E-state index contributed by atoms with van der Waals surface area (Å²) in [5.74, 6) is 0. The molecule has 0 atom stereocenters. The van der Waals surface area contributed by atoms with Crippen LogP contribution in [0.1, 0.15) is 18.1 Å². The number of fused-ring (bicyclic) bond motifs is 1. The minimum Gasteiger partial charge on any atom is -0.0984 e. The molecule has 1 aromatic carbocycles. The highest BCUT2D eigenvalue weighted by molar-refractivity contribution is 5.84. The molecule has 0 heteroatoms. The summed E-state index contributed by atoms with van der Waals surface area (Å²) in [5, 5.41) is 0. The largest absolute Gasteiger partial charge is 0.0984 e. The zero-order valence-corrected chi connectivity index (χ0v) is 8.46. The van der Waals surface area contributed by atoms with Crippen molar-refractivity contribution in [3.63, 3.8) is 0 Å². The van der Waals surface area contributed by atoms with Crippen LogP contribution in [0.25, 0.3) is 5.57 Å². The molecule has 0 radical (unpaired) electrons. The average Bonchev–Trinajstić information content (AvgIpc) is 2.55. The Hall–Kier alpha value is -1.56. The molecule has 0 amide bonds. The van der Waals surface area contributed by atoms with Crippen molar-refractivity contribution in [2.75, 3.05) is 0 Å². The Labute approximate surface area is 85.3 Å². The van der Waals surface area contributed by atoms with E-state index >= 15 is 0 Å². The second kappa shape index (κ2) is 3.67. The number of benzene rings is 1. The summed E-state index contributed by atoms with van der Waals surface area (Å²) in [4.78, 5) is 0. The lowest BCUT2D eigenvalue weighted by Gasteiger charge is -1.98. The van der Waals surface area contributed by atoms with E-state index in [1.807, 2.05) is 6.08 Å². The Bertz CT molecular complexity index is 419. The fourth-order valence-electron chi connectivity index (χ4n) is 2.00. The van der Waals surface area contributed by atoms with Gasteiger partial charge >= 0.3 is 0 Å². The molecular weight excluding hydrogens is 168 g/mol. The van der Waals surface area contributed by atoms with E-state index in [2.05, 4.69) is 49.9 Å². The lowest BCUT2D eigenvalue weighted by Crippen LogP contribution is -1.80. The molecule has 0 bridgehead atoms. The van der Waals surface area contributed by atoms with Gasteiger partial charge in [-0.1, -0.05) is 49.1 Å². The number of hydrogen-bond donors (Lipinski definition) is 0. The van der Waals surface area contributed by atoms with Gasteiger partial charge in [-0.05, 0) is 35.6 Å². The Kier molecular flexibility index (Phi) is 2.36. The third-order valence-corrected chi connectivity index (χ3v) is 2.61. The van der Waals surface area contributed by atoms with E-state index in [1.54, 1.807) is 0 Å². The summed E-state index contributed by atoms with van der Waals surface area (Å²) in [6.45, 7) is 5.93. The summed E-state index contributed by atoms with van der Waals surface area (Å²) in [5.41, 5.74) is 5.42. The first-order valence-electron chi connectivity index (χ1n) is 4.93. The van der Waals surface area contributed by atoms with Gasteiger partial charge in [0.2, 0.25) is 0 Å². The lowest BCUT2D eigenvalue weighted by atomic mass is 10.1. The molecule has 0 N–H and O–H groups in total. The van der Waals surface area contributed by atoms with Crippen molar-refractivity contribution < 1.29 is 0 Å². The first-order valence-corrected chi connectivity index (χ1v) is 4.93. The summed E-state index contributed by atoms with van der Waals surface area (Å²) in [6, 6.07) is 8.54. The minimum atomic E-state index is 1.04. The highest BCUT2D eigenvalue weighted by Crippen LogP contribution is 2.33. The van der Waals surface area contributed by atoms with Crippen LogP contribution in [-0.4, -0.2) is 0 Å². The van der Waals surface area contributed by atoms with Gasteiger partial charge < -0.3 is 0 Å².